The molecule has 1 N–H and O–H groups in total. The van der Waals surface area contributed by atoms with Crippen LogP contribution in [-0.2, 0) is 14.8 Å². The molecule has 0 aliphatic rings. The minimum atomic E-state index is -3.73. The molecular formula is C11H11NO3S2. The van der Waals surface area contributed by atoms with E-state index < -0.39 is 15.9 Å². The molecule has 90 valence electrons. The lowest BCUT2D eigenvalue weighted by Crippen LogP contribution is -2.29. The van der Waals surface area contributed by atoms with E-state index in [9.17, 15) is 13.2 Å². The summed E-state index contributed by atoms with van der Waals surface area (Å²) in [5.41, 5.74) is 0. The fraction of sp³-hybridized carbons (Fsp3) is 0.182. The van der Waals surface area contributed by atoms with E-state index in [1.54, 1.807) is 19.1 Å². The van der Waals surface area contributed by atoms with Crippen LogP contribution >= 0.6 is 11.3 Å². The van der Waals surface area contributed by atoms with Gasteiger partial charge in [-0.05, 0) is 29.0 Å². The van der Waals surface area contributed by atoms with Gasteiger partial charge in [0.2, 0.25) is 5.91 Å². The highest BCUT2D eigenvalue weighted by Crippen LogP contribution is 2.23. The summed E-state index contributed by atoms with van der Waals surface area (Å²) < 4.78 is 26.6. The summed E-state index contributed by atoms with van der Waals surface area (Å²) in [5, 5.41) is 2.89. The molecule has 0 aliphatic carbocycles. The van der Waals surface area contributed by atoms with Crippen LogP contribution in [0.1, 0.15) is 13.3 Å². The number of fused-ring (bicyclic) bond motifs is 1. The zero-order valence-corrected chi connectivity index (χ0v) is 10.8. The second kappa shape index (κ2) is 4.46. The van der Waals surface area contributed by atoms with Crippen molar-refractivity contribution in [1.82, 2.24) is 4.72 Å². The zero-order chi connectivity index (χ0) is 12.5. The Morgan fingerprint density at radius 2 is 2.12 bits per heavy atom. The van der Waals surface area contributed by atoms with Crippen LogP contribution in [0.4, 0.5) is 0 Å². The molecule has 0 aliphatic heterocycles. The number of nitrogens with one attached hydrogen (secondary N) is 1. The normalized spacial score (nSPS) is 11.6. The van der Waals surface area contributed by atoms with Crippen molar-refractivity contribution in [2.24, 2.45) is 0 Å². The fourth-order valence-corrected chi connectivity index (χ4v) is 3.37. The SMILES string of the molecule is CCC(=O)NS(=O)(=O)c1ccc2ccsc2c1. The van der Waals surface area contributed by atoms with Crippen molar-refractivity contribution in [2.45, 2.75) is 18.2 Å². The van der Waals surface area contributed by atoms with Gasteiger partial charge in [0.05, 0.1) is 4.90 Å². The maximum absolute atomic E-state index is 11.8. The second-order valence-corrected chi connectivity index (χ2v) is 6.13. The van der Waals surface area contributed by atoms with Crippen molar-refractivity contribution in [3.05, 3.63) is 29.6 Å². The maximum atomic E-state index is 11.8. The lowest BCUT2D eigenvalue weighted by Gasteiger charge is -2.05. The summed E-state index contributed by atoms with van der Waals surface area (Å²) in [6.45, 7) is 1.60. The molecule has 1 heterocycles. The highest BCUT2D eigenvalue weighted by atomic mass is 32.2. The van der Waals surface area contributed by atoms with Gasteiger partial charge in [-0.3, -0.25) is 4.79 Å². The summed E-state index contributed by atoms with van der Waals surface area (Å²) in [4.78, 5) is 11.2. The largest absolute Gasteiger partial charge is 0.274 e. The molecule has 0 saturated heterocycles. The first-order chi connectivity index (χ1) is 8.03. The Bertz CT molecular complexity index is 658. The molecule has 6 heteroatoms. The van der Waals surface area contributed by atoms with Crippen molar-refractivity contribution in [3.63, 3.8) is 0 Å². The molecule has 1 aromatic carbocycles. The number of carbonyl (C=O) groups excluding carboxylic acids is 1. The third-order valence-electron chi connectivity index (χ3n) is 2.31. The van der Waals surface area contributed by atoms with Crippen LogP contribution in [0.25, 0.3) is 10.1 Å². The van der Waals surface area contributed by atoms with Crippen LogP contribution in [0.15, 0.2) is 34.5 Å². The third kappa shape index (κ3) is 2.48. The minimum absolute atomic E-state index is 0.120. The molecule has 0 atom stereocenters. The molecule has 1 aromatic heterocycles. The Morgan fingerprint density at radius 1 is 1.35 bits per heavy atom. The monoisotopic (exact) mass is 269 g/mol. The van der Waals surface area contributed by atoms with Gasteiger partial charge >= 0.3 is 0 Å². The molecule has 4 nitrogen and oxygen atoms in total. The van der Waals surface area contributed by atoms with E-state index in [1.165, 1.54) is 17.4 Å². The molecule has 0 unspecified atom stereocenters. The Kier molecular flexibility index (Phi) is 3.17. The standard InChI is InChI=1S/C11H11NO3S2/c1-2-11(13)12-17(14,15)9-4-3-8-5-6-16-10(8)7-9/h3-7H,2H2,1H3,(H,12,13). The smallest absolute Gasteiger partial charge is 0.264 e. The van der Waals surface area contributed by atoms with Crippen LogP contribution < -0.4 is 4.72 Å². The molecule has 0 radical (unpaired) electrons. The number of carbonyl (C=O) groups is 1. The highest BCUT2D eigenvalue weighted by Gasteiger charge is 2.16. The first-order valence-corrected chi connectivity index (χ1v) is 7.42. The van der Waals surface area contributed by atoms with Gasteiger partial charge in [0, 0.05) is 11.1 Å². The predicted octanol–water partition coefficient (Wildman–Crippen LogP) is 2.12. The molecule has 1 amide bonds. The lowest BCUT2D eigenvalue weighted by atomic mass is 10.3. The predicted molar refractivity (Wildman–Crippen MR) is 67.4 cm³/mol. The Morgan fingerprint density at radius 3 is 2.82 bits per heavy atom. The van der Waals surface area contributed by atoms with Crippen LogP contribution in [0.2, 0.25) is 0 Å². The average Bonchev–Trinajstić information content (AvgIpc) is 2.75. The lowest BCUT2D eigenvalue weighted by molar-refractivity contribution is -0.119. The Labute approximate surface area is 103 Å². The molecule has 0 bridgehead atoms. The van der Waals surface area contributed by atoms with Gasteiger partial charge in [-0.1, -0.05) is 13.0 Å². The van der Waals surface area contributed by atoms with Crippen molar-refractivity contribution in [2.75, 3.05) is 0 Å². The molecule has 2 rings (SSSR count). The van der Waals surface area contributed by atoms with Gasteiger partial charge in [-0.25, -0.2) is 13.1 Å². The van der Waals surface area contributed by atoms with Gasteiger partial charge < -0.3 is 0 Å². The zero-order valence-electron chi connectivity index (χ0n) is 9.14. The van der Waals surface area contributed by atoms with Crippen LogP contribution in [0.5, 0.6) is 0 Å². The van der Waals surface area contributed by atoms with Crippen LogP contribution in [0, 0.1) is 0 Å². The third-order valence-corrected chi connectivity index (χ3v) is 4.56. The van der Waals surface area contributed by atoms with Crippen molar-refractivity contribution in [1.29, 1.82) is 0 Å². The number of rotatable bonds is 3. The highest BCUT2D eigenvalue weighted by molar-refractivity contribution is 7.90. The number of benzene rings is 1. The van der Waals surface area contributed by atoms with E-state index in [2.05, 4.69) is 0 Å². The number of hydrogen-bond acceptors (Lipinski definition) is 4. The summed E-state index contributed by atoms with van der Waals surface area (Å²) >= 11 is 1.47. The van der Waals surface area contributed by atoms with Gasteiger partial charge in [0.25, 0.3) is 10.0 Å². The van der Waals surface area contributed by atoms with E-state index in [-0.39, 0.29) is 11.3 Å². The second-order valence-electron chi connectivity index (χ2n) is 3.50. The Hall–Kier alpha value is -1.40. The number of amides is 1. The molecule has 0 saturated carbocycles. The molecule has 2 aromatic rings. The number of hydrogen-bond donors (Lipinski definition) is 1. The molecule has 17 heavy (non-hydrogen) atoms. The Balaban J connectivity index is 2.41. The maximum Gasteiger partial charge on any atom is 0.264 e. The average molecular weight is 269 g/mol. The quantitative estimate of drug-likeness (QED) is 0.928. The van der Waals surface area contributed by atoms with E-state index in [0.717, 1.165) is 10.1 Å². The summed E-state index contributed by atoms with van der Waals surface area (Å²) in [7, 11) is -3.73. The number of sulfonamides is 1. The molecular weight excluding hydrogens is 258 g/mol. The molecule has 0 spiro atoms. The van der Waals surface area contributed by atoms with Gasteiger partial charge in [-0.15, -0.1) is 11.3 Å². The minimum Gasteiger partial charge on any atom is -0.274 e. The van der Waals surface area contributed by atoms with E-state index >= 15 is 0 Å². The van der Waals surface area contributed by atoms with Crippen LogP contribution in [0.3, 0.4) is 0 Å². The topological polar surface area (TPSA) is 63.2 Å². The van der Waals surface area contributed by atoms with Crippen LogP contribution in [-0.4, -0.2) is 14.3 Å². The summed E-state index contributed by atoms with van der Waals surface area (Å²) in [5.74, 6) is -0.503. The molecule has 0 fully saturated rings. The summed E-state index contributed by atoms with van der Waals surface area (Å²) in [6.07, 6.45) is 0.139. The van der Waals surface area contributed by atoms with E-state index in [0.29, 0.717) is 0 Å². The van der Waals surface area contributed by atoms with Crippen molar-refractivity contribution in [3.8, 4) is 0 Å². The fourth-order valence-electron chi connectivity index (χ4n) is 1.38. The van der Waals surface area contributed by atoms with E-state index in [4.69, 9.17) is 0 Å². The summed E-state index contributed by atoms with van der Waals surface area (Å²) in [6, 6.07) is 6.73. The van der Waals surface area contributed by atoms with Gasteiger partial charge in [0.1, 0.15) is 0 Å². The van der Waals surface area contributed by atoms with Crippen molar-refractivity contribution < 1.29 is 13.2 Å². The van der Waals surface area contributed by atoms with Gasteiger partial charge in [-0.2, -0.15) is 0 Å². The van der Waals surface area contributed by atoms with Crippen molar-refractivity contribution >= 4 is 37.4 Å². The van der Waals surface area contributed by atoms with Gasteiger partial charge in [0.15, 0.2) is 0 Å². The number of thiophene rings is 1. The first-order valence-electron chi connectivity index (χ1n) is 5.06. The van der Waals surface area contributed by atoms with E-state index in [1.807, 2.05) is 16.2 Å². The first kappa shape index (κ1) is 12.1.